The van der Waals surface area contributed by atoms with Crippen LogP contribution in [0.1, 0.15) is 24.8 Å². The van der Waals surface area contributed by atoms with Crippen LogP contribution in [0.4, 0.5) is 5.69 Å². The Morgan fingerprint density at radius 3 is 2.53 bits per heavy atom. The fraction of sp³-hybridized carbons (Fsp3) is 0.500. The number of benzene rings is 1. The maximum Gasteiger partial charge on any atom is 0.223 e. The SMILES string of the molecule is COc1cc2c(cc1OC)N(C(C)=O)CC2CCBr. The topological polar surface area (TPSA) is 38.8 Å². The molecule has 4 nitrogen and oxygen atoms in total. The second-order valence-corrected chi connectivity index (χ2v) is 5.36. The second kappa shape index (κ2) is 5.82. The minimum absolute atomic E-state index is 0.0607. The van der Waals surface area contributed by atoms with Crippen molar-refractivity contribution in [2.75, 3.05) is 31.0 Å². The average Bonchev–Trinajstić information content (AvgIpc) is 2.76. The van der Waals surface area contributed by atoms with Gasteiger partial charge in [-0.1, -0.05) is 15.9 Å². The van der Waals surface area contributed by atoms with Gasteiger partial charge in [0.15, 0.2) is 11.5 Å². The number of methoxy groups -OCH3 is 2. The molecule has 19 heavy (non-hydrogen) atoms. The van der Waals surface area contributed by atoms with Crippen molar-refractivity contribution in [3.05, 3.63) is 17.7 Å². The van der Waals surface area contributed by atoms with E-state index in [1.54, 1.807) is 21.1 Å². The zero-order valence-electron chi connectivity index (χ0n) is 11.4. The van der Waals surface area contributed by atoms with Crippen molar-refractivity contribution in [1.29, 1.82) is 0 Å². The Hall–Kier alpha value is -1.23. The van der Waals surface area contributed by atoms with Crippen molar-refractivity contribution in [3.63, 3.8) is 0 Å². The molecular formula is C14H18BrNO3. The number of hydrogen-bond acceptors (Lipinski definition) is 3. The van der Waals surface area contributed by atoms with Gasteiger partial charge in [-0.15, -0.1) is 0 Å². The van der Waals surface area contributed by atoms with Crippen LogP contribution in [0.15, 0.2) is 12.1 Å². The van der Waals surface area contributed by atoms with Crippen LogP contribution in [-0.2, 0) is 4.79 Å². The second-order valence-electron chi connectivity index (χ2n) is 4.57. The van der Waals surface area contributed by atoms with Crippen LogP contribution in [-0.4, -0.2) is 32.0 Å². The molecule has 1 aliphatic heterocycles. The summed E-state index contributed by atoms with van der Waals surface area (Å²) in [7, 11) is 3.23. The predicted octanol–water partition coefficient (Wildman–Crippen LogP) is 2.94. The highest BCUT2D eigenvalue weighted by molar-refractivity contribution is 9.09. The van der Waals surface area contributed by atoms with Crippen molar-refractivity contribution >= 4 is 27.5 Å². The summed E-state index contributed by atoms with van der Waals surface area (Å²) >= 11 is 3.47. The Labute approximate surface area is 121 Å². The summed E-state index contributed by atoms with van der Waals surface area (Å²) in [5.74, 6) is 1.78. The number of alkyl halides is 1. The molecule has 1 unspecified atom stereocenters. The van der Waals surface area contributed by atoms with E-state index in [0.29, 0.717) is 17.4 Å². The monoisotopic (exact) mass is 327 g/mol. The standard InChI is InChI=1S/C14H18BrNO3/c1-9(17)16-8-10(4-5-15)11-6-13(18-2)14(19-3)7-12(11)16/h6-7,10H,4-5,8H2,1-3H3. The molecule has 2 rings (SSSR count). The number of rotatable bonds is 4. The zero-order valence-corrected chi connectivity index (χ0v) is 13.0. The summed E-state index contributed by atoms with van der Waals surface area (Å²) in [4.78, 5) is 13.6. The normalized spacial score (nSPS) is 17.3. The van der Waals surface area contributed by atoms with Crippen molar-refractivity contribution in [2.45, 2.75) is 19.3 Å². The quantitative estimate of drug-likeness (QED) is 0.798. The highest BCUT2D eigenvalue weighted by Crippen LogP contribution is 2.44. The van der Waals surface area contributed by atoms with Gasteiger partial charge < -0.3 is 14.4 Å². The zero-order chi connectivity index (χ0) is 14.0. The lowest BCUT2D eigenvalue weighted by Gasteiger charge is -2.16. The van der Waals surface area contributed by atoms with Gasteiger partial charge in [-0.2, -0.15) is 0 Å². The van der Waals surface area contributed by atoms with E-state index in [1.165, 1.54) is 0 Å². The van der Waals surface area contributed by atoms with E-state index in [2.05, 4.69) is 15.9 Å². The van der Waals surface area contributed by atoms with Gasteiger partial charge in [0.05, 0.1) is 19.9 Å². The van der Waals surface area contributed by atoms with E-state index in [-0.39, 0.29) is 5.91 Å². The minimum atomic E-state index is 0.0607. The van der Waals surface area contributed by atoms with E-state index < -0.39 is 0 Å². The van der Waals surface area contributed by atoms with Crippen LogP contribution in [0, 0.1) is 0 Å². The molecule has 1 amide bonds. The molecule has 1 heterocycles. The molecule has 0 spiro atoms. The van der Waals surface area contributed by atoms with Crippen LogP contribution in [0.25, 0.3) is 0 Å². The molecule has 1 aromatic rings. The fourth-order valence-corrected chi connectivity index (χ4v) is 3.09. The molecule has 1 aliphatic rings. The maximum absolute atomic E-state index is 11.8. The molecular weight excluding hydrogens is 310 g/mol. The fourth-order valence-electron chi connectivity index (χ4n) is 2.54. The number of fused-ring (bicyclic) bond motifs is 1. The van der Waals surface area contributed by atoms with E-state index in [4.69, 9.17) is 9.47 Å². The van der Waals surface area contributed by atoms with Gasteiger partial charge in [0, 0.05) is 30.8 Å². The summed E-state index contributed by atoms with van der Waals surface area (Å²) in [6, 6.07) is 3.88. The molecule has 0 bridgehead atoms. The van der Waals surface area contributed by atoms with E-state index in [0.717, 1.165) is 29.5 Å². The Morgan fingerprint density at radius 2 is 2.00 bits per heavy atom. The van der Waals surface area contributed by atoms with Crippen molar-refractivity contribution in [1.82, 2.24) is 0 Å². The number of anilines is 1. The third kappa shape index (κ3) is 2.56. The molecule has 104 valence electrons. The van der Waals surface area contributed by atoms with Crippen LogP contribution in [0.5, 0.6) is 11.5 Å². The van der Waals surface area contributed by atoms with Crippen molar-refractivity contribution in [3.8, 4) is 11.5 Å². The lowest BCUT2D eigenvalue weighted by molar-refractivity contribution is -0.116. The molecule has 0 aromatic heterocycles. The Bertz CT molecular complexity index is 490. The third-order valence-corrected chi connectivity index (χ3v) is 3.96. The molecule has 1 aromatic carbocycles. The molecule has 0 radical (unpaired) electrons. The first-order valence-electron chi connectivity index (χ1n) is 6.22. The van der Waals surface area contributed by atoms with Gasteiger partial charge in [-0.25, -0.2) is 0 Å². The first-order valence-corrected chi connectivity index (χ1v) is 7.34. The van der Waals surface area contributed by atoms with E-state index in [1.807, 2.05) is 17.0 Å². The number of nitrogens with zero attached hydrogens (tertiary/aromatic N) is 1. The molecule has 0 aliphatic carbocycles. The summed E-state index contributed by atoms with van der Waals surface area (Å²) < 4.78 is 10.7. The van der Waals surface area contributed by atoms with Gasteiger partial charge in [0.2, 0.25) is 5.91 Å². The average molecular weight is 328 g/mol. The van der Waals surface area contributed by atoms with Crippen LogP contribution in [0.2, 0.25) is 0 Å². The number of carbonyl (C=O) groups excluding carboxylic acids is 1. The highest BCUT2D eigenvalue weighted by atomic mass is 79.9. The summed E-state index contributed by atoms with van der Waals surface area (Å²) in [6.45, 7) is 2.32. The largest absolute Gasteiger partial charge is 0.493 e. The van der Waals surface area contributed by atoms with Crippen LogP contribution < -0.4 is 14.4 Å². The van der Waals surface area contributed by atoms with Gasteiger partial charge in [0.1, 0.15) is 0 Å². The highest BCUT2D eigenvalue weighted by Gasteiger charge is 2.32. The number of halogens is 1. The Balaban J connectivity index is 2.50. The maximum atomic E-state index is 11.8. The van der Waals surface area contributed by atoms with Crippen molar-refractivity contribution < 1.29 is 14.3 Å². The first-order chi connectivity index (χ1) is 9.12. The summed E-state index contributed by atoms with van der Waals surface area (Å²) in [6.07, 6.45) is 0.992. The molecule has 0 N–H and O–H groups in total. The molecule has 1 atom stereocenters. The lowest BCUT2D eigenvalue weighted by Crippen LogP contribution is -2.27. The van der Waals surface area contributed by atoms with E-state index >= 15 is 0 Å². The predicted molar refractivity (Wildman–Crippen MR) is 78.7 cm³/mol. The number of amides is 1. The summed E-state index contributed by atoms with van der Waals surface area (Å²) in [5, 5.41) is 0.914. The smallest absolute Gasteiger partial charge is 0.223 e. The minimum Gasteiger partial charge on any atom is -0.493 e. The van der Waals surface area contributed by atoms with Gasteiger partial charge >= 0.3 is 0 Å². The molecule has 0 saturated heterocycles. The lowest BCUT2D eigenvalue weighted by atomic mass is 9.98. The number of carbonyl (C=O) groups is 1. The molecule has 0 fully saturated rings. The van der Waals surface area contributed by atoms with Crippen molar-refractivity contribution in [2.24, 2.45) is 0 Å². The Kier molecular flexibility index (Phi) is 4.34. The van der Waals surface area contributed by atoms with E-state index in [9.17, 15) is 4.79 Å². The number of hydrogen-bond donors (Lipinski definition) is 0. The van der Waals surface area contributed by atoms with Gasteiger partial charge in [0.25, 0.3) is 0 Å². The first kappa shape index (κ1) is 14.2. The Morgan fingerprint density at radius 1 is 1.37 bits per heavy atom. The van der Waals surface area contributed by atoms with Gasteiger partial charge in [-0.05, 0) is 18.1 Å². The van der Waals surface area contributed by atoms with Crippen LogP contribution in [0.3, 0.4) is 0 Å². The summed E-state index contributed by atoms with van der Waals surface area (Å²) in [5.41, 5.74) is 2.10. The number of ether oxygens (including phenoxy) is 2. The molecule has 5 heteroatoms. The molecule has 0 saturated carbocycles. The van der Waals surface area contributed by atoms with Crippen LogP contribution >= 0.6 is 15.9 Å². The third-order valence-electron chi connectivity index (χ3n) is 3.50. The van der Waals surface area contributed by atoms with Gasteiger partial charge in [-0.3, -0.25) is 4.79 Å².